The monoisotopic (exact) mass is 516 g/mol. The van der Waals surface area contributed by atoms with E-state index in [1.807, 2.05) is 51.2 Å². The summed E-state index contributed by atoms with van der Waals surface area (Å²) in [7, 11) is 3.92. The summed E-state index contributed by atoms with van der Waals surface area (Å²) >= 11 is 0. The molecule has 0 radical (unpaired) electrons. The van der Waals surface area contributed by atoms with Gasteiger partial charge in [-0.15, -0.1) is 0 Å². The number of hydrogen-bond acceptors (Lipinski definition) is 5. The van der Waals surface area contributed by atoms with Crippen molar-refractivity contribution in [3.05, 3.63) is 87.6 Å². The summed E-state index contributed by atoms with van der Waals surface area (Å²) in [6.07, 6.45) is 5.91. The minimum Gasteiger partial charge on any atom is -0.347 e. The Morgan fingerprint density at radius 3 is 2.34 bits per heavy atom. The van der Waals surface area contributed by atoms with E-state index in [0.29, 0.717) is 13.0 Å². The molecule has 0 aliphatic heterocycles. The molecule has 0 fully saturated rings. The molecular formula is C31H40N4O3. The van der Waals surface area contributed by atoms with Crippen LogP contribution < -0.4 is 10.9 Å². The van der Waals surface area contributed by atoms with Crippen LogP contribution >= 0.6 is 0 Å². The highest BCUT2D eigenvalue weighted by Crippen LogP contribution is 2.30. The van der Waals surface area contributed by atoms with Crippen molar-refractivity contribution < 1.29 is 9.59 Å². The molecule has 0 unspecified atom stereocenters. The molecule has 3 aromatic rings. The number of aromatic nitrogens is 2. The molecule has 7 nitrogen and oxygen atoms in total. The summed E-state index contributed by atoms with van der Waals surface area (Å²) in [5.74, 6) is -0.153. The minimum atomic E-state index is -0.700. The van der Waals surface area contributed by atoms with Gasteiger partial charge in [0.25, 0.3) is 5.56 Å². The van der Waals surface area contributed by atoms with Gasteiger partial charge in [0.15, 0.2) is 0 Å². The van der Waals surface area contributed by atoms with Crippen LogP contribution in [0.4, 0.5) is 0 Å². The lowest BCUT2D eigenvalue weighted by molar-refractivity contribution is -0.126. The van der Waals surface area contributed by atoms with Gasteiger partial charge in [-0.1, -0.05) is 38.1 Å². The maximum absolute atomic E-state index is 13.8. The third kappa shape index (κ3) is 7.48. The first-order chi connectivity index (χ1) is 18.0. The molecule has 0 aliphatic rings. The van der Waals surface area contributed by atoms with E-state index in [4.69, 9.17) is 0 Å². The second-order valence-corrected chi connectivity index (χ2v) is 10.9. The Morgan fingerprint density at radius 1 is 1.05 bits per heavy atom. The first-order valence-electron chi connectivity index (χ1n) is 13.1. The largest absolute Gasteiger partial charge is 0.347 e. The molecular weight excluding hydrogens is 476 g/mol. The number of nitrogens with one attached hydrogen (secondary N) is 1. The molecule has 0 saturated heterocycles. The number of amides is 1. The number of pyridine rings is 2. The number of nitrogens with zero attached hydrogens (tertiary/aromatic N) is 3. The zero-order valence-corrected chi connectivity index (χ0v) is 23.6. The molecule has 2 heterocycles. The number of Topliss-reactive ketones (excluding diaryl/α,β-unsaturated/α-hetero) is 1. The van der Waals surface area contributed by atoms with E-state index in [-0.39, 0.29) is 29.6 Å². The van der Waals surface area contributed by atoms with E-state index in [1.165, 1.54) is 17.6 Å². The number of ketones is 1. The second-order valence-electron chi connectivity index (χ2n) is 10.9. The summed E-state index contributed by atoms with van der Waals surface area (Å²) in [6.45, 7) is 10.3. The van der Waals surface area contributed by atoms with Crippen LogP contribution in [0.5, 0.6) is 0 Å². The van der Waals surface area contributed by atoms with Crippen LogP contribution in [0.1, 0.15) is 68.0 Å². The molecule has 2 atom stereocenters. The fraction of sp³-hybridized carbons (Fsp3) is 0.419. The molecule has 1 N–H and O–H groups in total. The molecule has 38 heavy (non-hydrogen) atoms. The first kappa shape index (κ1) is 29.0. The van der Waals surface area contributed by atoms with E-state index in [9.17, 15) is 14.4 Å². The van der Waals surface area contributed by atoms with E-state index in [1.54, 1.807) is 18.5 Å². The molecule has 0 spiro atoms. The smallest absolute Gasteiger partial charge is 0.251 e. The van der Waals surface area contributed by atoms with Crippen LogP contribution in [0.2, 0.25) is 0 Å². The SMILES string of the molecule is CC(=O)C[C@H](NC(=O)[C@H](CC(C)C)n1cc(CN(C)C)ccc1=O)c1cncc(-c2c(C)cccc2C)c1. The van der Waals surface area contributed by atoms with Crippen molar-refractivity contribution in [1.82, 2.24) is 19.8 Å². The van der Waals surface area contributed by atoms with Crippen molar-refractivity contribution in [3.8, 4) is 11.1 Å². The first-order valence-corrected chi connectivity index (χ1v) is 13.1. The number of benzene rings is 1. The molecule has 0 bridgehead atoms. The minimum absolute atomic E-state index is 0.0432. The lowest BCUT2D eigenvalue weighted by Gasteiger charge is -2.26. The third-order valence-corrected chi connectivity index (χ3v) is 6.57. The van der Waals surface area contributed by atoms with E-state index < -0.39 is 12.1 Å². The number of carbonyl (C=O) groups excluding carboxylic acids is 2. The summed E-state index contributed by atoms with van der Waals surface area (Å²) in [5, 5.41) is 3.09. The van der Waals surface area contributed by atoms with Crippen molar-refractivity contribution in [1.29, 1.82) is 0 Å². The Hall–Kier alpha value is -3.58. The molecule has 7 heteroatoms. The van der Waals surface area contributed by atoms with Gasteiger partial charge < -0.3 is 14.8 Å². The van der Waals surface area contributed by atoms with Gasteiger partial charge in [-0.25, -0.2) is 0 Å². The molecule has 3 rings (SSSR count). The zero-order chi connectivity index (χ0) is 28.0. The Morgan fingerprint density at radius 2 is 1.74 bits per heavy atom. The number of aryl methyl sites for hydroxylation is 2. The highest BCUT2D eigenvalue weighted by Gasteiger charge is 2.27. The standard InChI is InChI=1S/C31H40N4O3/c1-20(2)13-28(35-19-24(18-34(6)7)11-12-29(35)37)31(38)33-27(14-23(5)36)25-15-26(17-32-16-25)30-21(3)9-8-10-22(30)4/h8-12,15-17,19-20,27-28H,13-14,18H2,1-7H3,(H,33,38)/t27-,28-/m0/s1. The van der Waals surface area contributed by atoms with E-state index in [2.05, 4.69) is 36.3 Å². The normalized spacial score (nSPS) is 13.0. The fourth-order valence-electron chi connectivity index (χ4n) is 4.91. The third-order valence-electron chi connectivity index (χ3n) is 6.57. The van der Waals surface area contributed by atoms with Gasteiger partial charge in [0, 0.05) is 43.2 Å². The molecule has 1 aromatic carbocycles. The summed E-state index contributed by atoms with van der Waals surface area (Å²) < 4.78 is 1.53. The predicted molar refractivity (Wildman–Crippen MR) is 152 cm³/mol. The average molecular weight is 517 g/mol. The van der Waals surface area contributed by atoms with Crippen LogP contribution in [0.15, 0.2) is 59.8 Å². The average Bonchev–Trinajstić information content (AvgIpc) is 2.83. The van der Waals surface area contributed by atoms with Crippen LogP contribution in [-0.2, 0) is 16.1 Å². The van der Waals surface area contributed by atoms with Gasteiger partial charge in [0.2, 0.25) is 5.91 Å². The van der Waals surface area contributed by atoms with E-state index >= 15 is 0 Å². The summed E-state index contributed by atoms with van der Waals surface area (Å²) in [5.41, 5.74) is 5.77. The summed E-state index contributed by atoms with van der Waals surface area (Å²) in [6, 6.07) is 10.2. The van der Waals surface area contributed by atoms with Crippen molar-refractivity contribution in [3.63, 3.8) is 0 Å². The van der Waals surface area contributed by atoms with Crippen molar-refractivity contribution in [2.75, 3.05) is 14.1 Å². The number of hydrogen-bond donors (Lipinski definition) is 1. The van der Waals surface area contributed by atoms with Gasteiger partial charge in [-0.3, -0.25) is 19.4 Å². The highest BCUT2D eigenvalue weighted by atomic mass is 16.2. The zero-order valence-electron chi connectivity index (χ0n) is 23.6. The lowest BCUT2D eigenvalue weighted by Crippen LogP contribution is -2.40. The molecule has 1 amide bonds. The maximum atomic E-state index is 13.8. The summed E-state index contributed by atoms with van der Waals surface area (Å²) in [4.78, 5) is 45.4. The van der Waals surface area contributed by atoms with Crippen LogP contribution in [0, 0.1) is 19.8 Å². The maximum Gasteiger partial charge on any atom is 0.251 e. The van der Waals surface area contributed by atoms with Crippen molar-refractivity contribution in [2.24, 2.45) is 5.92 Å². The van der Waals surface area contributed by atoms with Gasteiger partial charge >= 0.3 is 0 Å². The lowest BCUT2D eigenvalue weighted by atomic mass is 9.94. The highest BCUT2D eigenvalue weighted by molar-refractivity contribution is 5.83. The van der Waals surface area contributed by atoms with Crippen LogP contribution in [0.25, 0.3) is 11.1 Å². The quantitative estimate of drug-likeness (QED) is 0.387. The molecule has 202 valence electrons. The second kappa shape index (κ2) is 12.8. The van der Waals surface area contributed by atoms with Gasteiger partial charge in [0.05, 0.1) is 6.04 Å². The van der Waals surface area contributed by atoms with Crippen molar-refractivity contribution >= 4 is 11.7 Å². The Kier molecular flexibility index (Phi) is 9.75. The van der Waals surface area contributed by atoms with E-state index in [0.717, 1.165) is 33.4 Å². The van der Waals surface area contributed by atoms with Crippen LogP contribution in [0.3, 0.4) is 0 Å². The molecule has 0 aliphatic carbocycles. The van der Waals surface area contributed by atoms with Crippen molar-refractivity contribution in [2.45, 2.75) is 66.1 Å². The topological polar surface area (TPSA) is 84.3 Å². The Bertz CT molecular complexity index is 1320. The molecule has 2 aromatic heterocycles. The Labute approximate surface area is 225 Å². The number of rotatable bonds is 11. The van der Waals surface area contributed by atoms with Gasteiger partial charge in [0.1, 0.15) is 11.8 Å². The number of carbonyl (C=O) groups is 2. The predicted octanol–water partition coefficient (Wildman–Crippen LogP) is 5.01. The van der Waals surface area contributed by atoms with Gasteiger partial charge in [-0.2, -0.15) is 0 Å². The van der Waals surface area contributed by atoms with Crippen LogP contribution in [-0.4, -0.2) is 40.2 Å². The molecule has 0 saturated carbocycles. The fourth-order valence-corrected chi connectivity index (χ4v) is 4.91. The Balaban J connectivity index is 1.99. The van der Waals surface area contributed by atoms with Gasteiger partial charge in [-0.05, 0) is 81.1 Å².